The molecule has 0 aliphatic carbocycles. The van der Waals surface area contributed by atoms with Crippen molar-refractivity contribution >= 4 is 15.5 Å². The first-order chi connectivity index (χ1) is 9.90. The van der Waals surface area contributed by atoms with Gasteiger partial charge in [0.15, 0.2) is 14.9 Å². The standard InChI is InChI=1S/C16H20N2O2S/c1-4-13-5-7-14(8-6-13)12(2)18-15-9-10-16(17-11-15)21(3,19)20/h5-12,18H,4H2,1-3H3. The lowest BCUT2D eigenvalue weighted by Gasteiger charge is -2.16. The lowest BCUT2D eigenvalue weighted by atomic mass is 10.0. The van der Waals surface area contributed by atoms with Gasteiger partial charge in [-0.25, -0.2) is 13.4 Å². The molecule has 1 aromatic carbocycles. The highest BCUT2D eigenvalue weighted by Crippen LogP contribution is 2.20. The minimum Gasteiger partial charge on any atom is -0.377 e. The van der Waals surface area contributed by atoms with E-state index in [2.05, 4.69) is 48.4 Å². The van der Waals surface area contributed by atoms with Crippen LogP contribution < -0.4 is 5.32 Å². The molecular weight excluding hydrogens is 284 g/mol. The van der Waals surface area contributed by atoms with E-state index >= 15 is 0 Å². The molecule has 1 unspecified atom stereocenters. The van der Waals surface area contributed by atoms with Gasteiger partial charge in [-0.05, 0) is 36.6 Å². The van der Waals surface area contributed by atoms with Crippen LogP contribution in [-0.2, 0) is 16.3 Å². The predicted molar refractivity (Wildman–Crippen MR) is 85.2 cm³/mol. The number of aryl methyl sites for hydroxylation is 1. The summed E-state index contributed by atoms with van der Waals surface area (Å²) in [6, 6.07) is 11.8. The number of nitrogens with zero attached hydrogens (tertiary/aromatic N) is 1. The maximum atomic E-state index is 11.4. The van der Waals surface area contributed by atoms with E-state index in [1.807, 2.05) is 0 Å². The summed E-state index contributed by atoms with van der Waals surface area (Å²) in [6.45, 7) is 4.19. The number of nitrogens with one attached hydrogen (secondary N) is 1. The van der Waals surface area contributed by atoms with Gasteiger partial charge < -0.3 is 5.32 Å². The molecule has 21 heavy (non-hydrogen) atoms. The summed E-state index contributed by atoms with van der Waals surface area (Å²) in [7, 11) is -3.25. The molecule has 0 radical (unpaired) electrons. The molecule has 0 bridgehead atoms. The Kier molecular flexibility index (Phi) is 4.63. The monoisotopic (exact) mass is 304 g/mol. The first-order valence-electron chi connectivity index (χ1n) is 6.91. The van der Waals surface area contributed by atoms with E-state index in [1.165, 1.54) is 17.2 Å². The normalized spacial score (nSPS) is 12.9. The van der Waals surface area contributed by atoms with Crippen molar-refractivity contribution < 1.29 is 8.42 Å². The first kappa shape index (κ1) is 15.5. The summed E-state index contributed by atoms with van der Waals surface area (Å²) in [5.74, 6) is 0. The highest BCUT2D eigenvalue weighted by atomic mass is 32.2. The van der Waals surface area contributed by atoms with Crippen LogP contribution in [0.2, 0.25) is 0 Å². The second-order valence-corrected chi connectivity index (χ2v) is 7.08. The molecule has 4 nitrogen and oxygen atoms in total. The van der Waals surface area contributed by atoms with Gasteiger partial charge in [0.05, 0.1) is 11.9 Å². The lowest BCUT2D eigenvalue weighted by molar-refractivity contribution is 0.598. The Balaban J connectivity index is 2.10. The average molecular weight is 304 g/mol. The molecule has 2 rings (SSSR count). The van der Waals surface area contributed by atoms with E-state index in [4.69, 9.17) is 0 Å². The zero-order valence-electron chi connectivity index (χ0n) is 12.5. The first-order valence-corrected chi connectivity index (χ1v) is 8.81. The Morgan fingerprint density at radius 1 is 1.14 bits per heavy atom. The number of pyridine rings is 1. The van der Waals surface area contributed by atoms with Crippen LogP contribution in [0.1, 0.15) is 31.0 Å². The van der Waals surface area contributed by atoms with Gasteiger partial charge in [-0.2, -0.15) is 0 Å². The van der Waals surface area contributed by atoms with Crippen LogP contribution >= 0.6 is 0 Å². The summed E-state index contributed by atoms with van der Waals surface area (Å²) in [4.78, 5) is 3.97. The van der Waals surface area contributed by atoms with Gasteiger partial charge in [-0.1, -0.05) is 31.2 Å². The van der Waals surface area contributed by atoms with Gasteiger partial charge in [0.1, 0.15) is 0 Å². The minimum atomic E-state index is -3.25. The number of rotatable bonds is 5. The van der Waals surface area contributed by atoms with Crippen LogP contribution in [0.15, 0.2) is 47.6 Å². The van der Waals surface area contributed by atoms with Crippen LogP contribution in [0.5, 0.6) is 0 Å². The topological polar surface area (TPSA) is 59.1 Å². The molecule has 0 amide bonds. The molecule has 1 heterocycles. The zero-order chi connectivity index (χ0) is 15.5. The Labute approximate surface area is 126 Å². The molecule has 0 aliphatic rings. The number of hydrogen-bond donors (Lipinski definition) is 1. The fourth-order valence-corrected chi connectivity index (χ4v) is 2.62. The molecule has 1 atom stereocenters. The smallest absolute Gasteiger partial charge is 0.192 e. The van der Waals surface area contributed by atoms with Crippen molar-refractivity contribution in [3.63, 3.8) is 0 Å². The minimum absolute atomic E-state index is 0.0907. The molecule has 1 N–H and O–H groups in total. The fraction of sp³-hybridized carbons (Fsp3) is 0.312. The van der Waals surface area contributed by atoms with Crippen LogP contribution in [-0.4, -0.2) is 19.7 Å². The highest BCUT2D eigenvalue weighted by Gasteiger charge is 2.09. The van der Waals surface area contributed by atoms with Crippen molar-refractivity contribution in [1.82, 2.24) is 4.98 Å². The van der Waals surface area contributed by atoms with Crippen molar-refractivity contribution in [3.8, 4) is 0 Å². The molecule has 112 valence electrons. The van der Waals surface area contributed by atoms with Gasteiger partial charge in [-0.3, -0.25) is 0 Å². The summed E-state index contributed by atoms with van der Waals surface area (Å²) in [5.41, 5.74) is 3.29. The van der Waals surface area contributed by atoms with E-state index in [9.17, 15) is 8.42 Å². The third-order valence-corrected chi connectivity index (χ3v) is 4.39. The van der Waals surface area contributed by atoms with Gasteiger partial charge in [0, 0.05) is 12.3 Å². The lowest BCUT2D eigenvalue weighted by Crippen LogP contribution is -2.08. The molecule has 0 aliphatic heterocycles. The summed E-state index contributed by atoms with van der Waals surface area (Å²) in [6.07, 6.45) is 3.73. The number of aromatic nitrogens is 1. The van der Waals surface area contributed by atoms with Gasteiger partial charge in [-0.15, -0.1) is 0 Å². The second-order valence-electron chi connectivity index (χ2n) is 5.12. The number of anilines is 1. The fourth-order valence-electron chi connectivity index (χ4n) is 2.06. The van der Waals surface area contributed by atoms with Gasteiger partial charge in [0.2, 0.25) is 0 Å². The molecular formula is C16H20N2O2S. The summed E-state index contributed by atoms with van der Waals surface area (Å²) < 4.78 is 22.7. The van der Waals surface area contributed by atoms with Crippen molar-refractivity contribution in [2.45, 2.75) is 31.3 Å². The van der Waals surface area contributed by atoms with Crippen LogP contribution in [0, 0.1) is 0 Å². The van der Waals surface area contributed by atoms with E-state index in [-0.39, 0.29) is 11.1 Å². The van der Waals surface area contributed by atoms with Crippen molar-refractivity contribution in [2.24, 2.45) is 0 Å². The van der Waals surface area contributed by atoms with Crippen LogP contribution in [0.25, 0.3) is 0 Å². The third kappa shape index (κ3) is 4.04. The molecule has 2 aromatic rings. The summed E-state index contributed by atoms with van der Waals surface area (Å²) >= 11 is 0. The van der Waals surface area contributed by atoms with Crippen LogP contribution in [0.3, 0.4) is 0 Å². The zero-order valence-corrected chi connectivity index (χ0v) is 13.3. The molecule has 0 spiro atoms. The van der Waals surface area contributed by atoms with E-state index < -0.39 is 9.84 Å². The van der Waals surface area contributed by atoms with E-state index in [0.29, 0.717) is 0 Å². The Hall–Kier alpha value is -1.88. The van der Waals surface area contributed by atoms with Gasteiger partial charge in [0.25, 0.3) is 0 Å². The van der Waals surface area contributed by atoms with E-state index in [1.54, 1.807) is 12.3 Å². The quantitative estimate of drug-likeness (QED) is 0.921. The largest absolute Gasteiger partial charge is 0.377 e. The maximum Gasteiger partial charge on any atom is 0.192 e. The highest BCUT2D eigenvalue weighted by molar-refractivity contribution is 7.90. The second kappa shape index (κ2) is 6.26. The summed E-state index contributed by atoms with van der Waals surface area (Å²) in [5, 5.41) is 3.41. The van der Waals surface area contributed by atoms with Crippen LogP contribution in [0.4, 0.5) is 5.69 Å². The van der Waals surface area contributed by atoms with Gasteiger partial charge >= 0.3 is 0 Å². The van der Waals surface area contributed by atoms with Crippen molar-refractivity contribution in [3.05, 3.63) is 53.7 Å². The molecule has 5 heteroatoms. The number of hydrogen-bond acceptors (Lipinski definition) is 4. The van der Waals surface area contributed by atoms with E-state index in [0.717, 1.165) is 18.4 Å². The Bertz CT molecular complexity index is 692. The molecule has 1 aromatic heterocycles. The maximum absolute atomic E-state index is 11.4. The molecule has 0 fully saturated rings. The molecule has 0 saturated carbocycles. The van der Waals surface area contributed by atoms with Crippen molar-refractivity contribution in [2.75, 3.05) is 11.6 Å². The Morgan fingerprint density at radius 2 is 1.81 bits per heavy atom. The number of benzene rings is 1. The SMILES string of the molecule is CCc1ccc(C(C)Nc2ccc(S(C)(=O)=O)nc2)cc1. The Morgan fingerprint density at radius 3 is 2.29 bits per heavy atom. The third-order valence-electron chi connectivity index (χ3n) is 3.39. The molecule has 0 saturated heterocycles. The number of sulfone groups is 1. The predicted octanol–water partition coefficient (Wildman–Crippen LogP) is 3.22. The van der Waals surface area contributed by atoms with Crippen molar-refractivity contribution in [1.29, 1.82) is 0 Å². The average Bonchev–Trinajstić information content (AvgIpc) is 2.47.